The van der Waals surface area contributed by atoms with Gasteiger partial charge in [0.2, 0.25) is 0 Å². The number of ether oxygens (including phenoxy) is 2. The number of carbonyl (C=O) groups is 2. The number of hydrogen-bond donors (Lipinski definition) is 0. The predicted molar refractivity (Wildman–Crippen MR) is 51.3 cm³/mol. The molecular weight excluding hydrogens is 220 g/mol. The first kappa shape index (κ1) is 12.1. The van der Waals surface area contributed by atoms with E-state index in [0.717, 1.165) is 0 Å². The maximum atomic E-state index is 11.3. The smallest absolute Gasteiger partial charge is 0.337 e. The Labute approximate surface area is 88.7 Å². The summed E-state index contributed by atoms with van der Waals surface area (Å²) in [4.78, 5) is 22.6. The lowest BCUT2D eigenvalue weighted by Gasteiger charge is -2.12. The lowest BCUT2D eigenvalue weighted by molar-refractivity contribution is -0.160. The molecule has 0 bridgehead atoms. The van der Waals surface area contributed by atoms with Crippen LogP contribution in [0.4, 0.5) is 0 Å². The average Bonchev–Trinajstić information content (AvgIpc) is 2.52. The molecule has 1 fully saturated rings. The highest BCUT2D eigenvalue weighted by atomic mass is 28.4. The summed E-state index contributed by atoms with van der Waals surface area (Å²) in [6, 6.07) is 0. The maximum Gasteiger partial charge on any atom is 0.337 e. The summed E-state index contributed by atoms with van der Waals surface area (Å²) in [5, 5.41) is 0. The van der Waals surface area contributed by atoms with Crippen molar-refractivity contribution in [2.45, 2.75) is 25.3 Å². The second-order valence-electron chi connectivity index (χ2n) is 3.52. The van der Waals surface area contributed by atoms with Gasteiger partial charge in [-0.05, 0) is 13.1 Å². The van der Waals surface area contributed by atoms with Gasteiger partial charge in [0.1, 0.15) is 0 Å². The first-order chi connectivity index (χ1) is 6.91. The van der Waals surface area contributed by atoms with Gasteiger partial charge in [0, 0.05) is 0 Å². The Bertz CT molecular complexity index is 250. The van der Waals surface area contributed by atoms with Crippen molar-refractivity contribution >= 4 is 20.5 Å². The van der Waals surface area contributed by atoms with Gasteiger partial charge in [-0.2, -0.15) is 0 Å². The van der Waals surface area contributed by atoms with E-state index in [4.69, 9.17) is 8.85 Å². The number of carbonyl (C=O) groups excluding carboxylic acids is 2. The van der Waals surface area contributed by atoms with Crippen LogP contribution < -0.4 is 0 Å². The number of methoxy groups -OCH3 is 2. The van der Waals surface area contributed by atoms with Crippen LogP contribution in [0.15, 0.2) is 0 Å². The Morgan fingerprint density at radius 1 is 1.00 bits per heavy atom. The normalized spacial score (nSPS) is 28.5. The summed E-state index contributed by atoms with van der Waals surface area (Å²) in [6.45, 7) is 3.48. The van der Waals surface area contributed by atoms with Gasteiger partial charge in [-0.1, -0.05) is 0 Å². The van der Waals surface area contributed by atoms with Crippen molar-refractivity contribution in [1.82, 2.24) is 0 Å². The first-order valence-corrected chi connectivity index (χ1v) is 7.24. The molecule has 0 saturated carbocycles. The zero-order valence-electron chi connectivity index (χ0n) is 9.10. The van der Waals surface area contributed by atoms with Crippen molar-refractivity contribution in [1.29, 1.82) is 0 Å². The van der Waals surface area contributed by atoms with E-state index in [0.29, 0.717) is 0 Å². The Kier molecular flexibility index (Phi) is 3.48. The third-order valence-electron chi connectivity index (χ3n) is 1.96. The molecule has 0 N–H and O–H groups in total. The van der Waals surface area contributed by atoms with Gasteiger partial charge in [-0.3, -0.25) is 0 Å². The molecule has 86 valence electrons. The predicted octanol–water partition coefficient (Wildman–Crippen LogP) is -0.182. The van der Waals surface area contributed by atoms with Crippen LogP contribution >= 0.6 is 0 Å². The fourth-order valence-electron chi connectivity index (χ4n) is 1.34. The largest absolute Gasteiger partial charge is 0.467 e. The fraction of sp³-hybridized carbons (Fsp3) is 0.750. The first-order valence-electron chi connectivity index (χ1n) is 4.42. The average molecular weight is 234 g/mol. The SMILES string of the molecule is COC(=O)C1O[Si](C)(C)OC1C(=O)OC. The molecule has 0 aromatic carbocycles. The fourth-order valence-corrected chi connectivity index (χ4v) is 3.06. The zero-order chi connectivity index (χ0) is 11.6. The summed E-state index contributed by atoms with van der Waals surface area (Å²) in [5.41, 5.74) is 0. The topological polar surface area (TPSA) is 71.1 Å². The molecule has 0 aromatic heterocycles. The van der Waals surface area contributed by atoms with Gasteiger partial charge < -0.3 is 18.3 Å². The molecule has 1 saturated heterocycles. The molecule has 0 spiro atoms. The standard InChI is InChI=1S/C8H14O6Si/c1-11-7(9)5-6(8(10)12-2)14-15(3,4)13-5/h5-6H,1-4H3. The number of hydrogen-bond acceptors (Lipinski definition) is 6. The van der Waals surface area contributed by atoms with Crippen LogP contribution in [0.1, 0.15) is 0 Å². The summed E-state index contributed by atoms with van der Waals surface area (Å²) < 4.78 is 19.8. The van der Waals surface area contributed by atoms with Crippen molar-refractivity contribution in [3.8, 4) is 0 Å². The molecule has 2 unspecified atom stereocenters. The van der Waals surface area contributed by atoms with Gasteiger partial charge in [-0.15, -0.1) is 0 Å². The van der Waals surface area contributed by atoms with Crippen molar-refractivity contribution < 1.29 is 27.9 Å². The number of esters is 2. The minimum Gasteiger partial charge on any atom is -0.467 e. The third-order valence-corrected chi connectivity index (χ3v) is 3.61. The molecular formula is C8H14O6Si. The maximum absolute atomic E-state index is 11.3. The second kappa shape index (κ2) is 4.29. The molecule has 0 radical (unpaired) electrons. The summed E-state index contributed by atoms with van der Waals surface area (Å²) >= 11 is 0. The molecule has 1 aliphatic heterocycles. The third kappa shape index (κ3) is 2.55. The molecule has 0 aromatic rings. The molecule has 15 heavy (non-hydrogen) atoms. The van der Waals surface area contributed by atoms with E-state index < -0.39 is 32.7 Å². The van der Waals surface area contributed by atoms with Crippen LogP contribution in [0.25, 0.3) is 0 Å². The molecule has 0 aliphatic carbocycles. The van der Waals surface area contributed by atoms with Gasteiger partial charge >= 0.3 is 20.5 Å². The highest BCUT2D eigenvalue weighted by Crippen LogP contribution is 2.26. The van der Waals surface area contributed by atoms with E-state index in [-0.39, 0.29) is 0 Å². The van der Waals surface area contributed by atoms with Crippen LogP contribution in [-0.2, 0) is 27.9 Å². The highest BCUT2D eigenvalue weighted by molar-refractivity contribution is 6.65. The van der Waals surface area contributed by atoms with Gasteiger partial charge in [0.25, 0.3) is 0 Å². The molecule has 6 nitrogen and oxygen atoms in total. The van der Waals surface area contributed by atoms with E-state index in [1.54, 1.807) is 13.1 Å². The molecule has 1 rings (SSSR count). The lowest BCUT2D eigenvalue weighted by Crippen LogP contribution is -2.38. The zero-order valence-corrected chi connectivity index (χ0v) is 10.1. The molecule has 0 amide bonds. The number of rotatable bonds is 2. The Hall–Kier alpha value is -0.923. The van der Waals surface area contributed by atoms with Crippen LogP contribution in [0.2, 0.25) is 13.1 Å². The van der Waals surface area contributed by atoms with Gasteiger partial charge in [0.05, 0.1) is 14.2 Å². The van der Waals surface area contributed by atoms with Crippen LogP contribution in [0.3, 0.4) is 0 Å². The van der Waals surface area contributed by atoms with Gasteiger partial charge in [0.15, 0.2) is 12.2 Å². The van der Waals surface area contributed by atoms with E-state index >= 15 is 0 Å². The quantitative estimate of drug-likeness (QED) is 0.487. The van der Waals surface area contributed by atoms with E-state index in [2.05, 4.69) is 9.47 Å². The minimum atomic E-state index is -2.43. The molecule has 7 heteroatoms. The van der Waals surface area contributed by atoms with Crippen LogP contribution in [0, 0.1) is 0 Å². The summed E-state index contributed by atoms with van der Waals surface area (Å²) in [7, 11) is 0.0321. The Morgan fingerprint density at radius 2 is 1.33 bits per heavy atom. The van der Waals surface area contributed by atoms with Gasteiger partial charge in [-0.25, -0.2) is 9.59 Å². The van der Waals surface area contributed by atoms with E-state index in [1.165, 1.54) is 14.2 Å². The van der Waals surface area contributed by atoms with Crippen molar-refractivity contribution in [2.75, 3.05) is 14.2 Å². The summed E-state index contributed by atoms with van der Waals surface area (Å²) in [5.74, 6) is -1.24. The highest BCUT2D eigenvalue weighted by Gasteiger charge is 2.51. The van der Waals surface area contributed by atoms with Crippen LogP contribution in [0.5, 0.6) is 0 Å². The molecule has 1 heterocycles. The second-order valence-corrected chi connectivity index (χ2v) is 6.79. The van der Waals surface area contributed by atoms with E-state index in [1.807, 2.05) is 0 Å². The molecule has 2 atom stereocenters. The monoisotopic (exact) mass is 234 g/mol. The van der Waals surface area contributed by atoms with E-state index in [9.17, 15) is 9.59 Å². The molecule has 1 aliphatic rings. The summed E-state index contributed by atoms with van der Waals surface area (Å²) in [6.07, 6.45) is -2.02. The Balaban J connectivity index is 2.83. The minimum absolute atomic E-state index is 0.622. The van der Waals surface area contributed by atoms with Crippen molar-refractivity contribution in [3.63, 3.8) is 0 Å². The van der Waals surface area contributed by atoms with Crippen molar-refractivity contribution in [3.05, 3.63) is 0 Å². The Morgan fingerprint density at radius 3 is 1.60 bits per heavy atom. The lowest BCUT2D eigenvalue weighted by atomic mass is 10.2. The van der Waals surface area contributed by atoms with Crippen molar-refractivity contribution in [2.24, 2.45) is 0 Å². The van der Waals surface area contributed by atoms with Crippen LogP contribution in [-0.4, -0.2) is 46.9 Å².